The molecular formula is C14H17N. The zero-order valence-corrected chi connectivity index (χ0v) is 9.40. The Morgan fingerprint density at radius 2 is 1.73 bits per heavy atom. The molecule has 1 aromatic carbocycles. The summed E-state index contributed by atoms with van der Waals surface area (Å²) in [5, 5.41) is 0. The van der Waals surface area contributed by atoms with E-state index in [0.29, 0.717) is 0 Å². The lowest BCUT2D eigenvalue weighted by Gasteiger charge is -2.07. The third-order valence-electron chi connectivity index (χ3n) is 2.83. The van der Waals surface area contributed by atoms with Crippen molar-refractivity contribution in [3.05, 3.63) is 48.2 Å². The minimum absolute atomic E-state index is 1.03. The second kappa shape index (κ2) is 4.35. The Hall–Kier alpha value is -1.50. The highest BCUT2D eigenvalue weighted by Gasteiger charge is 2.01. The molecule has 15 heavy (non-hydrogen) atoms. The summed E-state index contributed by atoms with van der Waals surface area (Å²) in [6, 6.07) is 13.1. The first-order valence-corrected chi connectivity index (χ1v) is 5.59. The molecule has 0 fully saturated rings. The van der Waals surface area contributed by atoms with Gasteiger partial charge in [0.05, 0.1) is 0 Å². The lowest BCUT2D eigenvalue weighted by Crippen LogP contribution is -1.94. The lowest BCUT2D eigenvalue weighted by molar-refractivity contribution is 0.777. The molecule has 0 saturated carbocycles. The standard InChI is InChI=1S/C14H17N/c1-3-12-7-9-13(10-8-12)14-6-5-11-15(14)4-2/h5-11H,3-4H2,1-2H3. The predicted octanol–water partition coefficient (Wildman–Crippen LogP) is 3.74. The van der Waals surface area contributed by atoms with Gasteiger partial charge in [-0.05, 0) is 36.6 Å². The quantitative estimate of drug-likeness (QED) is 0.709. The number of aromatic nitrogens is 1. The zero-order valence-electron chi connectivity index (χ0n) is 9.40. The van der Waals surface area contributed by atoms with Crippen molar-refractivity contribution in [3.8, 4) is 11.3 Å². The highest BCUT2D eigenvalue weighted by molar-refractivity contribution is 5.60. The molecule has 1 aromatic heterocycles. The smallest absolute Gasteiger partial charge is 0.0480 e. The SMILES string of the molecule is CCc1ccc(-c2cccn2CC)cc1. The van der Waals surface area contributed by atoms with Crippen LogP contribution in [0.25, 0.3) is 11.3 Å². The lowest BCUT2D eigenvalue weighted by atomic mass is 10.1. The van der Waals surface area contributed by atoms with Crippen molar-refractivity contribution in [3.63, 3.8) is 0 Å². The molecule has 0 saturated heterocycles. The van der Waals surface area contributed by atoms with Crippen LogP contribution < -0.4 is 0 Å². The van der Waals surface area contributed by atoms with E-state index >= 15 is 0 Å². The largest absolute Gasteiger partial charge is 0.348 e. The summed E-state index contributed by atoms with van der Waals surface area (Å²) in [6.45, 7) is 5.38. The Labute approximate surface area is 91.4 Å². The van der Waals surface area contributed by atoms with Crippen LogP contribution in [0.1, 0.15) is 19.4 Å². The number of rotatable bonds is 3. The summed E-state index contributed by atoms with van der Waals surface area (Å²) in [5.74, 6) is 0. The first-order valence-electron chi connectivity index (χ1n) is 5.59. The van der Waals surface area contributed by atoms with E-state index in [1.807, 2.05) is 0 Å². The van der Waals surface area contributed by atoms with E-state index in [4.69, 9.17) is 0 Å². The summed E-state index contributed by atoms with van der Waals surface area (Å²) >= 11 is 0. The van der Waals surface area contributed by atoms with Crippen molar-refractivity contribution < 1.29 is 0 Å². The van der Waals surface area contributed by atoms with Crippen molar-refractivity contribution in [2.45, 2.75) is 26.8 Å². The van der Waals surface area contributed by atoms with Crippen LogP contribution in [0.3, 0.4) is 0 Å². The van der Waals surface area contributed by atoms with Gasteiger partial charge < -0.3 is 4.57 Å². The van der Waals surface area contributed by atoms with Gasteiger partial charge in [-0.2, -0.15) is 0 Å². The Morgan fingerprint density at radius 3 is 2.33 bits per heavy atom. The number of benzene rings is 1. The summed E-state index contributed by atoms with van der Waals surface area (Å²) in [5.41, 5.74) is 4.01. The third kappa shape index (κ3) is 1.96. The average Bonchev–Trinajstić information content (AvgIpc) is 2.77. The third-order valence-corrected chi connectivity index (χ3v) is 2.83. The van der Waals surface area contributed by atoms with Crippen molar-refractivity contribution in [2.24, 2.45) is 0 Å². The predicted molar refractivity (Wildman–Crippen MR) is 64.9 cm³/mol. The topological polar surface area (TPSA) is 4.93 Å². The molecule has 0 radical (unpaired) electrons. The molecule has 0 N–H and O–H groups in total. The summed E-state index contributed by atoms with van der Waals surface area (Å²) < 4.78 is 2.26. The summed E-state index contributed by atoms with van der Waals surface area (Å²) in [7, 11) is 0. The van der Waals surface area contributed by atoms with Gasteiger partial charge in [-0.1, -0.05) is 31.2 Å². The second-order valence-corrected chi connectivity index (χ2v) is 3.73. The Bertz CT molecular complexity index is 423. The zero-order chi connectivity index (χ0) is 10.7. The van der Waals surface area contributed by atoms with Crippen LogP contribution in [0.2, 0.25) is 0 Å². The van der Waals surface area contributed by atoms with Gasteiger partial charge in [-0.15, -0.1) is 0 Å². The normalized spacial score (nSPS) is 10.5. The second-order valence-electron chi connectivity index (χ2n) is 3.73. The van der Waals surface area contributed by atoms with E-state index in [1.165, 1.54) is 16.8 Å². The molecule has 0 unspecified atom stereocenters. The summed E-state index contributed by atoms with van der Waals surface area (Å²) in [6.07, 6.45) is 3.23. The number of hydrogen-bond acceptors (Lipinski definition) is 0. The molecule has 0 atom stereocenters. The molecule has 1 heterocycles. The molecule has 0 bridgehead atoms. The van der Waals surface area contributed by atoms with E-state index in [1.54, 1.807) is 0 Å². The Kier molecular flexibility index (Phi) is 2.91. The van der Waals surface area contributed by atoms with Gasteiger partial charge in [0.2, 0.25) is 0 Å². The van der Waals surface area contributed by atoms with Crippen LogP contribution in [-0.2, 0) is 13.0 Å². The van der Waals surface area contributed by atoms with Gasteiger partial charge in [-0.25, -0.2) is 0 Å². The average molecular weight is 199 g/mol. The van der Waals surface area contributed by atoms with Crippen LogP contribution in [0.5, 0.6) is 0 Å². The molecule has 0 aliphatic heterocycles. The molecule has 2 rings (SSSR count). The van der Waals surface area contributed by atoms with Crippen molar-refractivity contribution in [1.29, 1.82) is 0 Å². The van der Waals surface area contributed by atoms with E-state index in [-0.39, 0.29) is 0 Å². The van der Waals surface area contributed by atoms with E-state index in [2.05, 4.69) is 61.0 Å². The monoisotopic (exact) mass is 199 g/mol. The van der Waals surface area contributed by atoms with Crippen molar-refractivity contribution in [2.75, 3.05) is 0 Å². The molecule has 1 heteroatoms. The fourth-order valence-electron chi connectivity index (χ4n) is 1.86. The molecule has 78 valence electrons. The van der Waals surface area contributed by atoms with Gasteiger partial charge >= 0.3 is 0 Å². The fraction of sp³-hybridized carbons (Fsp3) is 0.286. The molecule has 0 spiro atoms. The van der Waals surface area contributed by atoms with Crippen LogP contribution in [0.15, 0.2) is 42.6 Å². The minimum Gasteiger partial charge on any atom is -0.348 e. The maximum atomic E-state index is 2.26. The van der Waals surface area contributed by atoms with E-state index in [0.717, 1.165) is 13.0 Å². The number of nitrogens with zero attached hydrogens (tertiary/aromatic N) is 1. The molecular weight excluding hydrogens is 182 g/mol. The highest BCUT2D eigenvalue weighted by atomic mass is 15.0. The van der Waals surface area contributed by atoms with Crippen LogP contribution in [0, 0.1) is 0 Å². The van der Waals surface area contributed by atoms with Gasteiger partial charge in [0.25, 0.3) is 0 Å². The first kappa shape index (κ1) is 10.0. The Balaban J connectivity index is 2.37. The summed E-state index contributed by atoms with van der Waals surface area (Å²) in [4.78, 5) is 0. The van der Waals surface area contributed by atoms with Gasteiger partial charge in [0, 0.05) is 18.4 Å². The van der Waals surface area contributed by atoms with Crippen LogP contribution in [-0.4, -0.2) is 4.57 Å². The molecule has 2 aromatic rings. The van der Waals surface area contributed by atoms with Crippen LogP contribution >= 0.6 is 0 Å². The first-order chi connectivity index (χ1) is 7.35. The molecule has 0 aliphatic rings. The van der Waals surface area contributed by atoms with Crippen LogP contribution in [0.4, 0.5) is 0 Å². The minimum atomic E-state index is 1.03. The van der Waals surface area contributed by atoms with Gasteiger partial charge in [0.15, 0.2) is 0 Å². The van der Waals surface area contributed by atoms with Gasteiger partial charge in [0.1, 0.15) is 0 Å². The highest BCUT2D eigenvalue weighted by Crippen LogP contribution is 2.20. The maximum absolute atomic E-state index is 2.26. The van der Waals surface area contributed by atoms with Crippen molar-refractivity contribution in [1.82, 2.24) is 4.57 Å². The van der Waals surface area contributed by atoms with Gasteiger partial charge in [-0.3, -0.25) is 0 Å². The molecule has 1 nitrogen and oxygen atoms in total. The Morgan fingerprint density at radius 1 is 1.00 bits per heavy atom. The van der Waals surface area contributed by atoms with E-state index in [9.17, 15) is 0 Å². The number of aryl methyl sites for hydroxylation is 2. The number of hydrogen-bond donors (Lipinski definition) is 0. The van der Waals surface area contributed by atoms with Crippen molar-refractivity contribution >= 4 is 0 Å². The van der Waals surface area contributed by atoms with E-state index < -0.39 is 0 Å². The fourth-order valence-corrected chi connectivity index (χ4v) is 1.86. The molecule has 0 amide bonds. The molecule has 0 aliphatic carbocycles. The maximum Gasteiger partial charge on any atom is 0.0480 e.